The minimum absolute atomic E-state index is 0.205. The van der Waals surface area contributed by atoms with Gasteiger partial charge in [-0.05, 0) is 33.6 Å². The maximum Gasteiger partial charge on any atom is 0.390 e. The van der Waals surface area contributed by atoms with Crippen molar-refractivity contribution in [2.75, 3.05) is 0 Å². The van der Waals surface area contributed by atoms with Gasteiger partial charge >= 0.3 is 24.2 Å². The van der Waals surface area contributed by atoms with E-state index in [4.69, 9.17) is 14.2 Å². The predicted octanol–water partition coefficient (Wildman–Crippen LogP) is 2.48. The average molecular weight is 300 g/mol. The van der Waals surface area contributed by atoms with Crippen molar-refractivity contribution < 1.29 is 28.6 Å². The summed E-state index contributed by atoms with van der Waals surface area (Å²) in [7, 11) is 0. The first-order valence-electron chi connectivity index (χ1n) is 7.40. The van der Waals surface area contributed by atoms with E-state index in [0.29, 0.717) is 12.8 Å². The summed E-state index contributed by atoms with van der Waals surface area (Å²) in [5.41, 5.74) is -0.750. The molecule has 21 heavy (non-hydrogen) atoms. The summed E-state index contributed by atoms with van der Waals surface area (Å²) >= 11 is 0. The first-order valence-corrected chi connectivity index (χ1v) is 7.40. The molecule has 0 aromatic heterocycles. The molecule has 1 heterocycles. The Morgan fingerprint density at radius 2 is 1.38 bits per heavy atom. The van der Waals surface area contributed by atoms with E-state index in [0.717, 1.165) is 19.3 Å². The van der Waals surface area contributed by atoms with Crippen LogP contribution in [0.4, 0.5) is 0 Å². The SMILES string of the molecule is CC(C)(C)OC(=O)C1OC(=O)CCCCCCCC(=O)O1. The zero-order valence-corrected chi connectivity index (χ0v) is 13.0. The number of hydrogen-bond acceptors (Lipinski definition) is 6. The third-order valence-corrected chi connectivity index (χ3v) is 2.84. The topological polar surface area (TPSA) is 78.9 Å². The maximum absolute atomic E-state index is 11.9. The van der Waals surface area contributed by atoms with Crippen molar-refractivity contribution in [3.63, 3.8) is 0 Å². The Hall–Kier alpha value is -1.59. The first-order chi connectivity index (χ1) is 9.78. The van der Waals surface area contributed by atoms with Crippen molar-refractivity contribution in [1.29, 1.82) is 0 Å². The summed E-state index contributed by atoms with van der Waals surface area (Å²) < 4.78 is 15.0. The van der Waals surface area contributed by atoms with Gasteiger partial charge in [-0.3, -0.25) is 9.59 Å². The van der Waals surface area contributed by atoms with Gasteiger partial charge in [0.15, 0.2) is 0 Å². The molecule has 1 aliphatic heterocycles. The minimum Gasteiger partial charge on any atom is -0.454 e. The largest absolute Gasteiger partial charge is 0.454 e. The summed E-state index contributed by atoms with van der Waals surface area (Å²) in [5.74, 6) is -1.97. The van der Waals surface area contributed by atoms with Gasteiger partial charge in [0.05, 0.1) is 0 Å². The standard InChI is InChI=1S/C15H24O6/c1-15(2,3)21-13(18)14-19-11(16)9-7-5-4-6-8-10-12(17)20-14/h14H,4-10H2,1-3H3. The van der Waals surface area contributed by atoms with Crippen molar-refractivity contribution in [1.82, 2.24) is 0 Å². The Morgan fingerprint density at radius 3 is 1.81 bits per heavy atom. The fraction of sp³-hybridized carbons (Fsp3) is 0.800. The molecular formula is C15H24O6. The van der Waals surface area contributed by atoms with E-state index in [9.17, 15) is 14.4 Å². The van der Waals surface area contributed by atoms with E-state index in [2.05, 4.69) is 0 Å². The third-order valence-electron chi connectivity index (χ3n) is 2.84. The van der Waals surface area contributed by atoms with Crippen LogP contribution in [-0.4, -0.2) is 29.8 Å². The van der Waals surface area contributed by atoms with E-state index in [1.54, 1.807) is 20.8 Å². The first kappa shape index (κ1) is 17.5. The van der Waals surface area contributed by atoms with Crippen LogP contribution in [0.5, 0.6) is 0 Å². The molecule has 6 heteroatoms. The zero-order valence-electron chi connectivity index (χ0n) is 13.0. The number of ether oxygens (including phenoxy) is 3. The highest BCUT2D eigenvalue weighted by molar-refractivity contribution is 5.81. The molecule has 0 atom stereocenters. The van der Waals surface area contributed by atoms with E-state index in [-0.39, 0.29) is 12.8 Å². The molecule has 0 N–H and O–H groups in total. The van der Waals surface area contributed by atoms with Gasteiger partial charge in [-0.25, -0.2) is 4.79 Å². The van der Waals surface area contributed by atoms with Crippen molar-refractivity contribution in [2.24, 2.45) is 0 Å². The molecule has 0 radical (unpaired) electrons. The van der Waals surface area contributed by atoms with Gasteiger partial charge in [0.1, 0.15) is 5.60 Å². The second-order valence-corrected chi connectivity index (χ2v) is 6.11. The van der Waals surface area contributed by atoms with Crippen LogP contribution in [0.25, 0.3) is 0 Å². The molecule has 0 amide bonds. The van der Waals surface area contributed by atoms with Crippen LogP contribution in [0.3, 0.4) is 0 Å². The molecule has 1 aliphatic rings. The molecule has 0 saturated carbocycles. The van der Waals surface area contributed by atoms with Gasteiger partial charge < -0.3 is 14.2 Å². The van der Waals surface area contributed by atoms with Crippen LogP contribution in [0, 0.1) is 0 Å². The van der Waals surface area contributed by atoms with E-state index >= 15 is 0 Å². The molecule has 0 aromatic rings. The lowest BCUT2D eigenvalue weighted by molar-refractivity contribution is -0.210. The molecule has 1 saturated heterocycles. The highest BCUT2D eigenvalue weighted by atomic mass is 16.7. The fourth-order valence-electron chi connectivity index (χ4n) is 1.90. The summed E-state index contributed by atoms with van der Waals surface area (Å²) in [5, 5.41) is 0. The van der Waals surface area contributed by atoms with Gasteiger partial charge in [-0.2, -0.15) is 0 Å². The Morgan fingerprint density at radius 1 is 0.952 bits per heavy atom. The Bertz CT molecular complexity index is 360. The van der Waals surface area contributed by atoms with E-state index < -0.39 is 29.8 Å². The molecular weight excluding hydrogens is 276 g/mol. The van der Waals surface area contributed by atoms with Crippen LogP contribution in [0.1, 0.15) is 65.7 Å². The minimum atomic E-state index is -1.61. The Balaban J connectivity index is 2.71. The Labute approximate surface area is 125 Å². The van der Waals surface area contributed by atoms with Crippen molar-refractivity contribution >= 4 is 17.9 Å². The number of carbonyl (C=O) groups is 3. The van der Waals surface area contributed by atoms with Crippen LogP contribution >= 0.6 is 0 Å². The second-order valence-electron chi connectivity index (χ2n) is 6.11. The highest BCUT2D eigenvalue weighted by Gasteiger charge is 2.31. The number of cyclic esters (lactones) is 2. The predicted molar refractivity (Wildman–Crippen MR) is 74.1 cm³/mol. The quantitative estimate of drug-likeness (QED) is 0.692. The number of rotatable bonds is 1. The number of hydrogen-bond donors (Lipinski definition) is 0. The molecule has 0 unspecified atom stereocenters. The van der Waals surface area contributed by atoms with Gasteiger partial charge in [0.2, 0.25) is 0 Å². The van der Waals surface area contributed by atoms with Gasteiger partial charge in [-0.1, -0.05) is 19.3 Å². The van der Waals surface area contributed by atoms with Gasteiger partial charge in [0, 0.05) is 12.8 Å². The normalized spacial score (nSPS) is 19.8. The van der Waals surface area contributed by atoms with E-state index in [1.807, 2.05) is 0 Å². The molecule has 0 bridgehead atoms. The van der Waals surface area contributed by atoms with E-state index in [1.165, 1.54) is 0 Å². The van der Waals surface area contributed by atoms with Crippen LogP contribution < -0.4 is 0 Å². The molecule has 1 rings (SSSR count). The summed E-state index contributed by atoms with van der Waals surface area (Å²) in [4.78, 5) is 35.3. The lowest BCUT2D eigenvalue weighted by Crippen LogP contribution is -2.38. The number of carbonyl (C=O) groups excluding carboxylic acids is 3. The molecule has 1 fully saturated rings. The lowest BCUT2D eigenvalue weighted by atomic mass is 10.1. The van der Waals surface area contributed by atoms with Gasteiger partial charge in [0.25, 0.3) is 0 Å². The summed E-state index contributed by atoms with van der Waals surface area (Å²) in [6.45, 7) is 5.05. The second kappa shape index (κ2) is 8.00. The highest BCUT2D eigenvalue weighted by Crippen LogP contribution is 2.15. The summed E-state index contributed by atoms with van der Waals surface area (Å²) in [6, 6.07) is 0. The molecule has 0 aliphatic carbocycles. The number of esters is 3. The van der Waals surface area contributed by atoms with Crippen molar-refractivity contribution in [2.45, 2.75) is 77.6 Å². The Kier molecular flexibility index (Phi) is 6.65. The van der Waals surface area contributed by atoms with Gasteiger partial charge in [-0.15, -0.1) is 0 Å². The van der Waals surface area contributed by atoms with Crippen molar-refractivity contribution in [3.8, 4) is 0 Å². The molecule has 0 spiro atoms. The van der Waals surface area contributed by atoms with Crippen LogP contribution in [0.15, 0.2) is 0 Å². The smallest absolute Gasteiger partial charge is 0.390 e. The molecule has 0 aromatic carbocycles. The van der Waals surface area contributed by atoms with Crippen molar-refractivity contribution in [3.05, 3.63) is 0 Å². The molecule has 120 valence electrons. The lowest BCUT2D eigenvalue weighted by Gasteiger charge is -2.23. The average Bonchev–Trinajstić information content (AvgIpc) is 2.33. The maximum atomic E-state index is 11.9. The summed E-state index contributed by atoms with van der Waals surface area (Å²) in [6.07, 6.45) is 2.98. The van der Waals surface area contributed by atoms with Crippen LogP contribution in [0.2, 0.25) is 0 Å². The third kappa shape index (κ3) is 7.68. The fourth-order valence-corrected chi connectivity index (χ4v) is 1.90. The molecule has 6 nitrogen and oxygen atoms in total. The monoisotopic (exact) mass is 300 g/mol. The zero-order chi connectivity index (χ0) is 15.9. The van der Waals surface area contributed by atoms with Crippen LogP contribution in [-0.2, 0) is 28.6 Å².